The molecule has 0 fully saturated rings. The lowest BCUT2D eigenvalue weighted by Gasteiger charge is -2.20. The van der Waals surface area contributed by atoms with Gasteiger partial charge in [-0.3, -0.25) is 4.90 Å². The van der Waals surface area contributed by atoms with Crippen molar-refractivity contribution in [1.29, 1.82) is 0 Å². The first-order chi connectivity index (χ1) is 7.33. The van der Waals surface area contributed by atoms with Crippen molar-refractivity contribution in [2.75, 3.05) is 20.8 Å². The van der Waals surface area contributed by atoms with Gasteiger partial charge < -0.3 is 9.47 Å². The second-order valence-electron chi connectivity index (χ2n) is 3.84. The minimum atomic E-state index is -0.126. The fraction of sp³-hybridized carbons (Fsp3) is 0.500. The number of methoxy groups -OCH3 is 2. The Labute approximate surface area is 90.6 Å². The van der Waals surface area contributed by atoms with E-state index in [2.05, 4.69) is 29.2 Å². The summed E-state index contributed by atoms with van der Waals surface area (Å²) >= 11 is 0. The van der Waals surface area contributed by atoms with E-state index in [-0.39, 0.29) is 6.29 Å². The summed E-state index contributed by atoms with van der Waals surface area (Å²) in [6.07, 6.45) is -0.126. The molecule has 1 aromatic rings. The van der Waals surface area contributed by atoms with Crippen LogP contribution in [-0.2, 0) is 22.6 Å². The van der Waals surface area contributed by atoms with Gasteiger partial charge in [-0.1, -0.05) is 24.3 Å². The summed E-state index contributed by atoms with van der Waals surface area (Å²) in [5.74, 6) is 0. The highest BCUT2D eigenvalue weighted by atomic mass is 16.7. The van der Waals surface area contributed by atoms with Crippen LogP contribution in [0.3, 0.4) is 0 Å². The zero-order chi connectivity index (χ0) is 10.7. The highest BCUT2D eigenvalue weighted by Crippen LogP contribution is 2.22. The van der Waals surface area contributed by atoms with Gasteiger partial charge in [0.2, 0.25) is 0 Å². The molecular weight excluding hydrogens is 190 g/mol. The molecule has 1 aliphatic rings. The molecule has 1 aliphatic heterocycles. The predicted octanol–water partition coefficient (Wildman–Crippen LogP) is 1.62. The third-order valence-corrected chi connectivity index (χ3v) is 2.84. The zero-order valence-corrected chi connectivity index (χ0v) is 9.27. The molecule has 0 saturated heterocycles. The van der Waals surface area contributed by atoms with Gasteiger partial charge in [0.15, 0.2) is 6.29 Å². The van der Waals surface area contributed by atoms with Gasteiger partial charge in [-0.05, 0) is 11.1 Å². The van der Waals surface area contributed by atoms with Crippen molar-refractivity contribution in [3.8, 4) is 0 Å². The number of ether oxygens (including phenoxy) is 2. The molecule has 3 nitrogen and oxygen atoms in total. The highest BCUT2D eigenvalue weighted by Gasteiger charge is 2.20. The van der Waals surface area contributed by atoms with Gasteiger partial charge in [0.05, 0.1) is 6.54 Å². The van der Waals surface area contributed by atoms with E-state index in [9.17, 15) is 0 Å². The van der Waals surface area contributed by atoms with Crippen LogP contribution < -0.4 is 0 Å². The Morgan fingerprint density at radius 1 is 1.13 bits per heavy atom. The van der Waals surface area contributed by atoms with Gasteiger partial charge in [0.25, 0.3) is 0 Å². The monoisotopic (exact) mass is 207 g/mol. The Hall–Kier alpha value is -0.900. The number of benzene rings is 1. The minimum Gasteiger partial charge on any atom is -0.355 e. The van der Waals surface area contributed by atoms with Gasteiger partial charge in [-0.25, -0.2) is 0 Å². The lowest BCUT2D eigenvalue weighted by atomic mass is 10.1. The summed E-state index contributed by atoms with van der Waals surface area (Å²) in [7, 11) is 3.36. The number of nitrogens with zero attached hydrogens (tertiary/aromatic N) is 1. The summed E-state index contributed by atoms with van der Waals surface area (Å²) in [4.78, 5) is 2.34. The molecule has 0 radical (unpaired) electrons. The normalized spacial score (nSPS) is 15.9. The molecule has 0 bridgehead atoms. The van der Waals surface area contributed by atoms with E-state index in [1.165, 1.54) is 11.1 Å². The molecule has 0 atom stereocenters. The average Bonchev–Trinajstić information content (AvgIpc) is 2.68. The lowest BCUT2D eigenvalue weighted by molar-refractivity contribution is -0.117. The molecule has 1 aromatic carbocycles. The van der Waals surface area contributed by atoms with E-state index >= 15 is 0 Å². The third kappa shape index (κ3) is 2.37. The minimum absolute atomic E-state index is 0.126. The zero-order valence-electron chi connectivity index (χ0n) is 9.27. The van der Waals surface area contributed by atoms with E-state index in [4.69, 9.17) is 9.47 Å². The van der Waals surface area contributed by atoms with Crippen LogP contribution in [0.1, 0.15) is 11.1 Å². The van der Waals surface area contributed by atoms with E-state index in [1.54, 1.807) is 14.2 Å². The molecule has 0 amide bonds. The summed E-state index contributed by atoms with van der Waals surface area (Å²) in [6, 6.07) is 8.55. The van der Waals surface area contributed by atoms with Crippen LogP contribution in [0.5, 0.6) is 0 Å². The van der Waals surface area contributed by atoms with Crippen LogP contribution in [0, 0.1) is 0 Å². The molecule has 0 saturated carbocycles. The van der Waals surface area contributed by atoms with Crippen molar-refractivity contribution in [3.63, 3.8) is 0 Å². The predicted molar refractivity (Wildman–Crippen MR) is 58.4 cm³/mol. The second kappa shape index (κ2) is 4.75. The van der Waals surface area contributed by atoms with Crippen LogP contribution in [0.25, 0.3) is 0 Å². The summed E-state index contributed by atoms with van der Waals surface area (Å²) in [5.41, 5.74) is 2.84. The van der Waals surface area contributed by atoms with Gasteiger partial charge in [0, 0.05) is 27.3 Å². The molecule has 82 valence electrons. The standard InChI is InChI=1S/C12H17NO2/c1-14-12(15-2)9-13-7-10-5-3-4-6-11(10)8-13/h3-6,12H,7-9H2,1-2H3. The highest BCUT2D eigenvalue weighted by molar-refractivity contribution is 5.30. The molecular formula is C12H17NO2. The van der Waals surface area contributed by atoms with E-state index in [0.29, 0.717) is 0 Å². The van der Waals surface area contributed by atoms with Crippen molar-refractivity contribution in [1.82, 2.24) is 4.90 Å². The van der Waals surface area contributed by atoms with Crippen molar-refractivity contribution in [2.45, 2.75) is 19.4 Å². The number of hydrogen-bond acceptors (Lipinski definition) is 3. The quantitative estimate of drug-likeness (QED) is 0.700. The van der Waals surface area contributed by atoms with Gasteiger partial charge in [0.1, 0.15) is 0 Å². The number of fused-ring (bicyclic) bond motifs is 1. The molecule has 0 unspecified atom stereocenters. The fourth-order valence-corrected chi connectivity index (χ4v) is 1.99. The molecule has 15 heavy (non-hydrogen) atoms. The topological polar surface area (TPSA) is 21.7 Å². The maximum Gasteiger partial charge on any atom is 0.169 e. The van der Waals surface area contributed by atoms with Gasteiger partial charge in [-0.2, -0.15) is 0 Å². The molecule has 2 rings (SSSR count). The summed E-state index contributed by atoms with van der Waals surface area (Å²) in [5, 5.41) is 0. The number of rotatable bonds is 4. The molecule has 3 heteroatoms. The van der Waals surface area contributed by atoms with E-state index in [0.717, 1.165) is 19.6 Å². The molecule has 0 spiro atoms. The lowest BCUT2D eigenvalue weighted by Crippen LogP contribution is -2.30. The molecule has 1 heterocycles. The smallest absolute Gasteiger partial charge is 0.169 e. The first-order valence-electron chi connectivity index (χ1n) is 5.18. The molecule has 0 aromatic heterocycles. The van der Waals surface area contributed by atoms with Gasteiger partial charge in [-0.15, -0.1) is 0 Å². The largest absolute Gasteiger partial charge is 0.355 e. The summed E-state index contributed by atoms with van der Waals surface area (Å²) in [6.45, 7) is 2.82. The Bertz CT molecular complexity index is 298. The molecule has 0 N–H and O–H groups in total. The maximum atomic E-state index is 5.20. The maximum absolute atomic E-state index is 5.20. The first kappa shape index (κ1) is 10.6. The summed E-state index contributed by atoms with van der Waals surface area (Å²) < 4.78 is 10.4. The average molecular weight is 207 g/mol. The second-order valence-corrected chi connectivity index (χ2v) is 3.84. The van der Waals surface area contributed by atoms with Crippen LogP contribution in [0.2, 0.25) is 0 Å². The SMILES string of the molecule is COC(CN1Cc2ccccc2C1)OC. The van der Waals surface area contributed by atoms with Crippen molar-refractivity contribution < 1.29 is 9.47 Å². The fourth-order valence-electron chi connectivity index (χ4n) is 1.99. The van der Waals surface area contributed by atoms with Gasteiger partial charge >= 0.3 is 0 Å². The van der Waals surface area contributed by atoms with Crippen LogP contribution in [0.15, 0.2) is 24.3 Å². The van der Waals surface area contributed by atoms with Crippen molar-refractivity contribution in [2.24, 2.45) is 0 Å². The van der Waals surface area contributed by atoms with Crippen LogP contribution in [-0.4, -0.2) is 32.0 Å². The first-order valence-corrected chi connectivity index (χ1v) is 5.18. The van der Waals surface area contributed by atoms with E-state index in [1.807, 2.05) is 0 Å². The Morgan fingerprint density at radius 3 is 2.13 bits per heavy atom. The van der Waals surface area contributed by atoms with Crippen molar-refractivity contribution >= 4 is 0 Å². The third-order valence-electron chi connectivity index (χ3n) is 2.84. The Morgan fingerprint density at radius 2 is 1.67 bits per heavy atom. The van der Waals surface area contributed by atoms with E-state index < -0.39 is 0 Å². The van der Waals surface area contributed by atoms with Crippen LogP contribution in [0.4, 0.5) is 0 Å². The Balaban J connectivity index is 1.95. The molecule has 0 aliphatic carbocycles. The van der Waals surface area contributed by atoms with Crippen LogP contribution >= 0.6 is 0 Å². The number of hydrogen-bond donors (Lipinski definition) is 0. The van der Waals surface area contributed by atoms with Crippen molar-refractivity contribution in [3.05, 3.63) is 35.4 Å². The Kier molecular flexibility index (Phi) is 3.36.